The first kappa shape index (κ1) is 15.4. The normalized spacial score (nSPS) is 13.4. The highest BCUT2D eigenvalue weighted by Gasteiger charge is 2.21. The van der Waals surface area contributed by atoms with Crippen molar-refractivity contribution in [2.75, 3.05) is 0 Å². The van der Waals surface area contributed by atoms with Crippen LogP contribution in [-0.4, -0.2) is 10.6 Å². The molecule has 0 unspecified atom stereocenters. The van der Waals surface area contributed by atoms with Gasteiger partial charge in [-0.15, -0.1) is 15.3 Å². The van der Waals surface area contributed by atoms with Gasteiger partial charge in [-0.05, 0) is 12.1 Å². The number of hydrogen-bond donors (Lipinski definition) is 0. The van der Waals surface area contributed by atoms with Crippen molar-refractivity contribution in [1.82, 2.24) is 0 Å². The van der Waals surface area contributed by atoms with Gasteiger partial charge in [-0.25, -0.2) is 0 Å². The first-order valence-electron chi connectivity index (χ1n) is 4.46. The molecule has 0 saturated heterocycles. The molecule has 0 heterocycles. The van der Waals surface area contributed by atoms with Crippen LogP contribution in [0.5, 0.6) is 0 Å². The summed E-state index contributed by atoms with van der Waals surface area (Å²) in [5, 5.41) is 0. The van der Waals surface area contributed by atoms with Crippen molar-refractivity contribution >= 4 is 71.8 Å². The van der Waals surface area contributed by atoms with Crippen molar-refractivity contribution in [3.8, 4) is 0 Å². The molecule has 6 heteroatoms. The Labute approximate surface area is 115 Å². The maximum absolute atomic E-state index is 3.79. The van der Waals surface area contributed by atoms with Gasteiger partial charge in [0.25, 0.3) is 3.93 Å². The lowest BCUT2D eigenvalue weighted by molar-refractivity contribution is 0.763. The summed E-state index contributed by atoms with van der Waals surface area (Å²) in [7, 11) is 0. The second-order valence-electron chi connectivity index (χ2n) is 3.89. The Morgan fingerprint density at radius 1 is 0.769 bits per heavy atom. The summed E-state index contributed by atoms with van der Waals surface area (Å²) < 4.78 is -1.32. The molecule has 0 saturated carbocycles. The lowest BCUT2D eigenvalue weighted by Gasteiger charge is -2.13. The minimum absolute atomic E-state index is 0.964. The van der Waals surface area contributed by atoms with Crippen molar-refractivity contribution in [2.45, 2.75) is 44.4 Å². The highest BCUT2D eigenvalue weighted by Crippen LogP contribution is 2.34. The van der Waals surface area contributed by atoms with Crippen molar-refractivity contribution in [1.29, 1.82) is 0 Å². The van der Waals surface area contributed by atoms with E-state index >= 15 is 0 Å². The summed E-state index contributed by atoms with van der Waals surface area (Å²) in [6.45, 7) is 3.77. The standard InChI is InChI=1S/C7H16Br4Si2/c1-12(2,8)6-4-3-5-7-13(9,10)11/h3-7H2,1-2H3. The molecule has 0 nitrogen and oxygen atoms in total. The Morgan fingerprint density at radius 3 is 1.62 bits per heavy atom. The van der Waals surface area contributed by atoms with Crippen LogP contribution >= 0.6 is 61.2 Å². The molecule has 0 spiro atoms. The van der Waals surface area contributed by atoms with Crippen LogP contribution in [0.3, 0.4) is 0 Å². The first-order valence-corrected chi connectivity index (χ1v) is 18.9. The van der Waals surface area contributed by atoms with Crippen LogP contribution in [-0.2, 0) is 0 Å². The van der Waals surface area contributed by atoms with E-state index in [1.54, 1.807) is 0 Å². The minimum atomic E-state index is -1.32. The highest BCUT2D eigenvalue weighted by atomic mass is 80.0. The van der Waals surface area contributed by atoms with E-state index in [4.69, 9.17) is 0 Å². The topological polar surface area (TPSA) is 0 Å². The lowest BCUT2D eigenvalue weighted by Crippen LogP contribution is -2.14. The fraction of sp³-hybridized carbons (Fsp3) is 1.00. The Morgan fingerprint density at radius 2 is 1.23 bits per heavy atom. The quantitative estimate of drug-likeness (QED) is 0.255. The van der Waals surface area contributed by atoms with Gasteiger partial charge in [0, 0.05) is 0 Å². The highest BCUT2D eigenvalue weighted by molar-refractivity contribution is 9.72. The van der Waals surface area contributed by atoms with Gasteiger partial charge in [0.1, 0.15) is 6.69 Å². The SMILES string of the molecule is C[Si](C)(Br)CCCCC[Si](Br)(Br)Br. The average molecular weight is 476 g/mol. The van der Waals surface area contributed by atoms with Crippen LogP contribution < -0.4 is 0 Å². The first-order chi connectivity index (χ1) is 5.71. The van der Waals surface area contributed by atoms with Crippen LogP contribution in [0.4, 0.5) is 0 Å². The van der Waals surface area contributed by atoms with E-state index in [0.717, 1.165) is 0 Å². The molecule has 0 N–H and O–H groups in total. The van der Waals surface area contributed by atoms with Crippen molar-refractivity contribution in [3.63, 3.8) is 0 Å². The Balaban J connectivity index is 3.28. The second-order valence-corrected chi connectivity index (χ2v) is 37.8. The summed E-state index contributed by atoms with van der Waals surface area (Å²) in [5.74, 6) is 0. The van der Waals surface area contributed by atoms with E-state index in [1.165, 1.54) is 31.4 Å². The van der Waals surface area contributed by atoms with Crippen molar-refractivity contribution < 1.29 is 0 Å². The molecule has 0 radical (unpaired) electrons. The molecule has 0 aliphatic rings. The molecule has 0 bridgehead atoms. The summed E-state index contributed by atoms with van der Waals surface area (Å²) in [4.78, 5) is 0. The van der Waals surface area contributed by atoms with Gasteiger partial charge >= 0.3 is 0 Å². The van der Waals surface area contributed by atoms with Gasteiger partial charge in [0.15, 0.2) is 0 Å². The van der Waals surface area contributed by atoms with Gasteiger partial charge < -0.3 is 0 Å². The van der Waals surface area contributed by atoms with E-state index in [1.807, 2.05) is 0 Å². The summed E-state index contributed by atoms with van der Waals surface area (Å²) >= 11 is 14.7. The van der Waals surface area contributed by atoms with E-state index in [9.17, 15) is 0 Å². The third-order valence-corrected chi connectivity index (χ3v) is 8.95. The number of halogens is 4. The predicted octanol–water partition coefficient (Wildman–Crippen LogP) is 5.88. The van der Waals surface area contributed by atoms with Crippen LogP contribution in [0, 0.1) is 0 Å². The molecule has 0 aromatic heterocycles. The maximum Gasteiger partial charge on any atom is 0.267 e. The molecule has 80 valence electrons. The van der Waals surface area contributed by atoms with E-state index in [0.29, 0.717) is 0 Å². The molecule has 0 aliphatic heterocycles. The van der Waals surface area contributed by atoms with Crippen LogP contribution in [0.1, 0.15) is 19.3 Å². The zero-order chi connectivity index (χ0) is 10.5. The Hall–Kier alpha value is 2.35. The number of unbranched alkanes of at least 4 members (excludes halogenated alkanes) is 2. The molecule has 0 aromatic carbocycles. The smallest absolute Gasteiger partial charge is 0.127 e. The third-order valence-electron chi connectivity index (χ3n) is 1.73. The summed E-state index contributed by atoms with van der Waals surface area (Å²) in [6, 6.07) is 2.66. The monoisotopic (exact) mass is 472 g/mol. The zero-order valence-electron chi connectivity index (χ0n) is 8.05. The van der Waals surface area contributed by atoms with E-state index < -0.39 is 10.6 Å². The molecular formula is C7H16Br4Si2. The van der Waals surface area contributed by atoms with Gasteiger partial charge in [0.2, 0.25) is 0 Å². The zero-order valence-corrected chi connectivity index (χ0v) is 16.4. The summed E-state index contributed by atoms with van der Waals surface area (Å²) in [5.41, 5.74) is 0. The van der Waals surface area contributed by atoms with Crippen LogP contribution in [0.15, 0.2) is 0 Å². The minimum Gasteiger partial charge on any atom is -0.127 e. The molecule has 13 heavy (non-hydrogen) atoms. The molecule has 0 fully saturated rings. The van der Waals surface area contributed by atoms with Gasteiger partial charge in [-0.1, -0.05) is 78.2 Å². The van der Waals surface area contributed by atoms with Gasteiger partial charge in [-0.2, -0.15) is 0 Å². The third kappa shape index (κ3) is 14.4. The van der Waals surface area contributed by atoms with Gasteiger partial charge in [-0.3, -0.25) is 0 Å². The molecule has 0 atom stereocenters. The largest absolute Gasteiger partial charge is 0.267 e. The fourth-order valence-electron chi connectivity index (χ4n) is 1.05. The maximum atomic E-state index is 3.79. The number of rotatable bonds is 6. The van der Waals surface area contributed by atoms with Crippen LogP contribution in [0.2, 0.25) is 25.2 Å². The van der Waals surface area contributed by atoms with E-state index in [-0.39, 0.29) is 0 Å². The molecule has 0 aromatic rings. The van der Waals surface area contributed by atoms with Crippen molar-refractivity contribution in [3.05, 3.63) is 0 Å². The predicted molar refractivity (Wildman–Crippen MR) is 82.4 cm³/mol. The number of hydrogen-bond acceptors (Lipinski definition) is 0. The average Bonchev–Trinajstić information content (AvgIpc) is 1.81. The molecule has 0 amide bonds. The molecule has 0 rings (SSSR count). The van der Waals surface area contributed by atoms with Crippen LogP contribution in [0.25, 0.3) is 0 Å². The second kappa shape index (κ2) is 6.83. The van der Waals surface area contributed by atoms with Crippen molar-refractivity contribution in [2.24, 2.45) is 0 Å². The fourth-order valence-corrected chi connectivity index (χ4v) is 6.15. The van der Waals surface area contributed by atoms with E-state index in [2.05, 4.69) is 74.3 Å². The molecular weight excluding hydrogens is 460 g/mol. The summed E-state index contributed by atoms with van der Waals surface area (Å²) in [6.07, 6.45) is 4.06. The van der Waals surface area contributed by atoms with Gasteiger partial charge in [0.05, 0.1) is 0 Å². The Kier molecular flexibility index (Phi) is 8.07. The Bertz CT molecular complexity index is 122. The lowest BCUT2D eigenvalue weighted by atomic mass is 10.3. The molecule has 0 aliphatic carbocycles.